The molecule has 0 bridgehead atoms. The number of nitrogens with zero attached hydrogens (tertiary/aromatic N) is 2. The first-order valence-corrected chi connectivity index (χ1v) is 9.92. The summed E-state index contributed by atoms with van der Waals surface area (Å²) in [4.78, 5) is 4.40. The van der Waals surface area contributed by atoms with Crippen LogP contribution in [0.25, 0.3) is 0 Å². The minimum absolute atomic E-state index is 0. The Balaban J connectivity index is 0.00000210. The van der Waals surface area contributed by atoms with E-state index in [1.807, 2.05) is 4.90 Å². The number of hydrogen-bond donors (Lipinski definition) is 1. The number of amidine groups is 1. The van der Waals surface area contributed by atoms with Crippen LogP contribution >= 0.6 is 48.0 Å². The lowest BCUT2D eigenvalue weighted by Gasteiger charge is -2.36. The third kappa shape index (κ3) is 6.40. The predicted octanol–water partition coefficient (Wildman–Crippen LogP) is 5.48. The van der Waals surface area contributed by atoms with E-state index < -0.39 is 0 Å². The Labute approximate surface area is 195 Å². The van der Waals surface area contributed by atoms with Gasteiger partial charge in [-0.15, -0.1) is 24.8 Å². The monoisotopic (exact) mass is 477 g/mol. The van der Waals surface area contributed by atoms with Crippen molar-refractivity contribution >= 4 is 53.9 Å². The molecule has 0 saturated carbocycles. The second-order valence-corrected chi connectivity index (χ2v) is 7.66. The summed E-state index contributed by atoms with van der Waals surface area (Å²) in [5, 5.41) is 9.53. The van der Waals surface area contributed by atoms with Crippen molar-refractivity contribution in [3.63, 3.8) is 0 Å². The highest BCUT2D eigenvalue weighted by Crippen LogP contribution is 2.26. The van der Waals surface area contributed by atoms with Gasteiger partial charge >= 0.3 is 0 Å². The van der Waals surface area contributed by atoms with Crippen LogP contribution in [-0.4, -0.2) is 55.0 Å². The van der Waals surface area contributed by atoms with E-state index in [1.165, 1.54) is 11.1 Å². The number of halogens is 4. The maximum atomic E-state index is 8.48. The number of para-hydroxylation sites is 1. The lowest BCUT2D eigenvalue weighted by molar-refractivity contribution is 0.153. The zero-order chi connectivity index (χ0) is 19.4. The van der Waals surface area contributed by atoms with Gasteiger partial charge < -0.3 is 9.64 Å². The molecular weight excluding hydrogens is 452 g/mol. The third-order valence-electron chi connectivity index (χ3n) is 4.95. The average molecular weight is 479 g/mol. The minimum Gasteiger partial charge on any atom is -0.492 e. The molecule has 1 N–H and O–H groups in total. The van der Waals surface area contributed by atoms with Crippen molar-refractivity contribution in [1.29, 1.82) is 5.41 Å². The molecule has 1 aliphatic heterocycles. The first-order chi connectivity index (χ1) is 13.0. The van der Waals surface area contributed by atoms with E-state index in [9.17, 15) is 0 Å². The zero-order valence-corrected chi connectivity index (χ0v) is 19.7. The van der Waals surface area contributed by atoms with Crippen LogP contribution in [-0.2, 0) is 0 Å². The van der Waals surface area contributed by atoms with Gasteiger partial charge in [-0.2, -0.15) is 0 Å². The van der Waals surface area contributed by atoms with Gasteiger partial charge in [0.2, 0.25) is 0 Å². The maximum absolute atomic E-state index is 8.48. The molecule has 29 heavy (non-hydrogen) atoms. The standard InChI is InChI=1S/C21H25Cl2N3O.2ClH/c1-15-5-3-6-16(2)20(15)27-14-13-25-9-11-26(12-10-25)21(24)19-17(22)7-4-8-18(19)23;;/h3-8,24H,9-14H2,1-2H3;2*1H. The molecule has 2 aromatic carbocycles. The quantitative estimate of drug-likeness (QED) is 0.457. The first-order valence-electron chi connectivity index (χ1n) is 9.16. The summed E-state index contributed by atoms with van der Waals surface area (Å²) in [7, 11) is 0. The van der Waals surface area contributed by atoms with Gasteiger partial charge in [-0.1, -0.05) is 47.5 Å². The first kappa shape index (κ1) is 25.9. The van der Waals surface area contributed by atoms with Gasteiger partial charge in [0.1, 0.15) is 18.2 Å². The van der Waals surface area contributed by atoms with Crippen LogP contribution in [0, 0.1) is 19.3 Å². The van der Waals surface area contributed by atoms with Gasteiger partial charge in [-0.25, -0.2) is 0 Å². The van der Waals surface area contributed by atoms with Gasteiger partial charge in [-0.3, -0.25) is 10.3 Å². The van der Waals surface area contributed by atoms with Gasteiger partial charge in [0.05, 0.1) is 15.6 Å². The normalized spacial score (nSPS) is 14.0. The highest BCUT2D eigenvalue weighted by atomic mass is 35.5. The van der Waals surface area contributed by atoms with E-state index in [-0.39, 0.29) is 24.8 Å². The third-order valence-corrected chi connectivity index (χ3v) is 5.58. The summed E-state index contributed by atoms with van der Waals surface area (Å²) in [6, 6.07) is 11.6. The van der Waals surface area contributed by atoms with Crippen LogP contribution in [0.3, 0.4) is 0 Å². The van der Waals surface area contributed by atoms with Crippen molar-refractivity contribution in [3.05, 3.63) is 63.1 Å². The van der Waals surface area contributed by atoms with Crippen LogP contribution in [0.1, 0.15) is 16.7 Å². The molecule has 160 valence electrons. The summed E-state index contributed by atoms with van der Waals surface area (Å²) in [5.41, 5.74) is 2.96. The molecule has 0 aromatic heterocycles. The van der Waals surface area contributed by atoms with E-state index in [0.717, 1.165) is 38.5 Å². The largest absolute Gasteiger partial charge is 0.492 e. The van der Waals surface area contributed by atoms with Crippen molar-refractivity contribution in [2.75, 3.05) is 39.3 Å². The Kier molecular flexibility index (Phi) is 10.6. The maximum Gasteiger partial charge on any atom is 0.131 e. The lowest BCUT2D eigenvalue weighted by Crippen LogP contribution is -2.49. The molecule has 1 heterocycles. The minimum atomic E-state index is 0. The van der Waals surface area contributed by atoms with E-state index >= 15 is 0 Å². The molecule has 1 aliphatic rings. The molecule has 8 heteroatoms. The molecule has 0 amide bonds. The fourth-order valence-corrected chi connectivity index (χ4v) is 3.96. The van der Waals surface area contributed by atoms with Crippen LogP contribution < -0.4 is 4.74 Å². The Morgan fingerprint density at radius 3 is 2.00 bits per heavy atom. The number of aryl methyl sites for hydroxylation is 2. The summed E-state index contributed by atoms with van der Waals surface area (Å²) in [6.45, 7) is 9.04. The zero-order valence-electron chi connectivity index (χ0n) is 16.6. The molecular formula is C21H27Cl4N3O. The molecule has 4 nitrogen and oxygen atoms in total. The highest BCUT2D eigenvalue weighted by Gasteiger charge is 2.22. The molecule has 0 unspecified atom stereocenters. The van der Waals surface area contributed by atoms with Crippen molar-refractivity contribution in [2.24, 2.45) is 0 Å². The van der Waals surface area contributed by atoms with E-state index in [1.54, 1.807) is 18.2 Å². The van der Waals surface area contributed by atoms with Crippen LogP contribution in [0.15, 0.2) is 36.4 Å². The van der Waals surface area contributed by atoms with Crippen molar-refractivity contribution in [1.82, 2.24) is 9.80 Å². The number of hydrogen-bond acceptors (Lipinski definition) is 3. The smallest absolute Gasteiger partial charge is 0.131 e. The van der Waals surface area contributed by atoms with E-state index in [2.05, 4.69) is 36.9 Å². The fourth-order valence-electron chi connectivity index (χ4n) is 3.38. The van der Waals surface area contributed by atoms with Crippen LogP contribution in [0.5, 0.6) is 5.75 Å². The number of rotatable bonds is 5. The van der Waals surface area contributed by atoms with Gasteiger partial charge in [-0.05, 0) is 37.1 Å². The Bertz CT molecular complexity index is 783. The molecule has 3 rings (SSSR count). The van der Waals surface area contributed by atoms with Crippen molar-refractivity contribution < 1.29 is 4.74 Å². The SMILES string of the molecule is Cc1cccc(C)c1OCCN1CCN(C(=N)c2c(Cl)cccc2Cl)CC1.Cl.Cl. The fraction of sp³-hybridized carbons (Fsp3) is 0.381. The van der Waals surface area contributed by atoms with Crippen molar-refractivity contribution in [2.45, 2.75) is 13.8 Å². The number of benzene rings is 2. The van der Waals surface area contributed by atoms with Gasteiger partial charge in [0.25, 0.3) is 0 Å². The Morgan fingerprint density at radius 2 is 1.45 bits per heavy atom. The Hall–Kier alpha value is -1.17. The number of piperazine rings is 1. The summed E-state index contributed by atoms with van der Waals surface area (Å²) >= 11 is 12.5. The molecule has 0 radical (unpaired) electrons. The second kappa shape index (κ2) is 11.9. The van der Waals surface area contributed by atoms with E-state index in [0.29, 0.717) is 28.1 Å². The molecule has 0 spiro atoms. The number of ether oxygens (including phenoxy) is 1. The molecule has 1 saturated heterocycles. The Morgan fingerprint density at radius 1 is 0.931 bits per heavy atom. The topological polar surface area (TPSA) is 39.6 Å². The second-order valence-electron chi connectivity index (χ2n) is 6.84. The molecule has 2 aromatic rings. The van der Waals surface area contributed by atoms with Crippen LogP contribution in [0.4, 0.5) is 0 Å². The van der Waals surface area contributed by atoms with Crippen molar-refractivity contribution in [3.8, 4) is 5.75 Å². The summed E-state index contributed by atoms with van der Waals surface area (Å²) < 4.78 is 6.01. The van der Waals surface area contributed by atoms with Gasteiger partial charge in [0, 0.05) is 32.7 Å². The van der Waals surface area contributed by atoms with Gasteiger partial charge in [0.15, 0.2) is 0 Å². The molecule has 0 aliphatic carbocycles. The summed E-state index contributed by atoms with van der Waals surface area (Å²) in [6.07, 6.45) is 0. The summed E-state index contributed by atoms with van der Waals surface area (Å²) in [5.74, 6) is 1.39. The highest BCUT2D eigenvalue weighted by molar-refractivity contribution is 6.39. The van der Waals surface area contributed by atoms with Crippen LogP contribution in [0.2, 0.25) is 10.0 Å². The average Bonchev–Trinajstić information content (AvgIpc) is 2.64. The number of nitrogens with one attached hydrogen (secondary N) is 1. The lowest BCUT2D eigenvalue weighted by atomic mass is 10.1. The predicted molar refractivity (Wildman–Crippen MR) is 127 cm³/mol. The molecule has 0 atom stereocenters. The van der Waals surface area contributed by atoms with E-state index in [4.69, 9.17) is 33.3 Å². The molecule has 1 fully saturated rings.